The molecule has 0 aliphatic carbocycles. The molecule has 23 heavy (non-hydrogen) atoms. The number of halogens is 2. The number of hydrogen-bond donors (Lipinski definition) is 1. The Kier molecular flexibility index (Phi) is 5.90. The summed E-state index contributed by atoms with van der Waals surface area (Å²) < 4.78 is 0. The summed E-state index contributed by atoms with van der Waals surface area (Å²) in [6.07, 6.45) is 3.84. The second-order valence-electron chi connectivity index (χ2n) is 5.85. The van der Waals surface area contributed by atoms with Crippen molar-refractivity contribution in [1.82, 2.24) is 15.2 Å². The highest BCUT2D eigenvalue weighted by molar-refractivity contribution is 6.35. The van der Waals surface area contributed by atoms with Crippen LogP contribution in [0, 0.1) is 0 Å². The van der Waals surface area contributed by atoms with E-state index in [1.54, 1.807) is 0 Å². The van der Waals surface area contributed by atoms with E-state index in [2.05, 4.69) is 27.3 Å². The van der Waals surface area contributed by atoms with E-state index in [1.807, 2.05) is 30.5 Å². The van der Waals surface area contributed by atoms with Crippen molar-refractivity contribution < 1.29 is 0 Å². The Balaban J connectivity index is 1.91. The van der Waals surface area contributed by atoms with Crippen molar-refractivity contribution in [1.29, 1.82) is 0 Å². The SMILES string of the molecule is Clc1ccc(C(Cc2ccccn2)N2CCCNCC2)c(Cl)c1. The molecule has 1 aromatic carbocycles. The Labute approximate surface area is 147 Å². The smallest absolute Gasteiger partial charge is 0.0468 e. The molecule has 1 N–H and O–H groups in total. The normalized spacial score (nSPS) is 17.7. The molecule has 0 radical (unpaired) electrons. The molecule has 122 valence electrons. The average Bonchev–Trinajstić information content (AvgIpc) is 2.83. The van der Waals surface area contributed by atoms with E-state index in [-0.39, 0.29) is 6.04 Å². The number of benzene rings is 1. The van der Waals surface area contributed by atoms with Gasteiger partial charge in [0.05, 0.1) is 0 Å². The van der Waals surface area contributed by atoms with Gasteiger partial charge in [0.15, 0.2) is 0 Å². The van der Waals surface area contributed by atoms with Crippen LogP contribution in [-0.4, -0.2) is 36.1 Å². The second kappa shape index (κ2) is 8.11. The third-order valence-corrected chi connectivity index (χ3v) is 4.83. The van der Waals surface area contributed by atoms with Gasteiger partial charge in [-0.05, 0) is 42.8 Å². The first-order valence-electron chi connectivity index (χ1n) is 8.03. The number of pyridine rings is 1. The standard InChI is InChI=1S/C18H21Cl2N3/c19-14-5-6-16(17(20)12-14)18(13-15-4-1-2-8-22-15)23-10-3-7-21-9-11-23/h1-2,4-6,8,12,18,21H,3,7,9-11,13H2. The predicted octanol–water partition coefficient (Wildman–Crippen LogP) is 3.97. The third kappa shape index (κ3) is 4.45. The molecule has 2 heterocycles. The van der Waals surface area contributed by atoms with Gasteiger partial charge in [0.2, 0.25) is 0 Å². The Morgan fingerprint density at radius 1 is 1.13 bits per heavy atom. The van der Waals surface area contributed by atoms with Crippen molar-refractivity contribution >= 4 is 23.2 Å². The van der Waals surface area contributed by atoms with Crippen molar-refractivity contribution in [2.45, 2.75) is 18.9 Å². The molecule has 0 bridgehead atoms. The average molecular weight is 350 g/mol. The maximum atomic E-state index is 6.50. The van der Waals surface area contributed by atoms with Crippen molar-refractivity contribution in [3.63, 3.8) is 0 Å². The fourth-order valence-electron chi connectivity index (χ4n) is 3.10. The molecule has 0 saturated carbocycles. The van der Waals surface area contributed by atoms with Crippen molar-refractivity contribution in [3.05, 3.63) is 63.9 Å². The first kappa shape index (κ1) is 16.7. The highest BCUT2D eigenvalue weighted by Crippen LogP contribution is 2.32. The summed E-state index contributed by atoms with van der Waals surface area (Å²) in [6, 6.07) is 12.1. The molecule has 1 fully saturated rings. The van der Waals surface area contributed by atoms with Gasteiger partial charge >= 0.3 is 0 Å². The Morgan fingerprint density at radius 2 is 2.04 bits per heavy atom. The number of hydrogen-bond acceptors (Lipinski definition) is 3. The van der Waals surface area contributed by atoms with Gasteiger partial charge in [0.1, 0.15) is 0 Å². The number of nitrogens with one attached hydrogen (secondary N) is 1. The predicted molar refractivity (Wildman–Crippen MR) is 96.2 cm³/mol. The van der Waals surface area contributed by atoms with E-state index < -0.39 is 0 Å². The van der Waals surface area contributed by atoms with Crippen molar-refractivity contribution in [2.75, 3.05) is 26.2 Å². The molecule has 1 unspecified atom stereocenters. The highest BCUT2D eigenvalue weighted by Gasteiger charge is 2.24. The quantitative estimate of drug-likeness (QED) is 0.905. The minimum atomic E-state index is 0.217. The summed E-state index contributed by atoms with van der Waals surface area (Å²) in [7, 11) is 0. The van der Waals surface area contributed by atoms with Crippen LogP contribution in [0.4, 0.5) is 0 Å². The molecule has 0 spiro atoms. The molecule has 3 nitrogen and oxygen atoms in total. The first-order valence-corrected chi connectivity index (χ1v) is 8.79. The molecule has 2 aromatic rings. The number of aromatic nitrogens is 1. The summed E-state index contributed by atoms with van der Waals surface area (Å²) in [5, 5.41) is 4.87. The minimum Gasteiger partial charge on any atom is -0.315 e. The Morgan fingerprint density at radius 3 is 2.83 bits per heavy atom. The largest absolute Gasteiger partial charge is 0.315 e. The van der Waals surface area contributed by atoms with Gasteiger partial charge < -0.3 is 5.32 Å². The number of rotatable bonds is 4. The highest BCUT2D eigenvalue weighted by atomic mass is 35.5. The molecular weight excluding hydrogens is 329 g/mol. The zero-order valence-corrected chi connectivity index (χ0v) is 14.5. The molecule has 0 amide bonds. The van der Waals surface area contributed by atoms with Crippen molar-refractivity contribution in [2.24, 2.45) is 0 Å². The van der Waals surface area contributed by atoms with Gasteiger partial charge in [-0.15, -0.1) is 0 Å². The molecule has 1 aromatic heterocycles. The number of nitrogens with zero attached hydrogens (tertiary/aromatic N) is 2. The molecule has 1 aliphatic rings. The van der Waals surface area contributed by atoms with Gasteiger partial charge in [0, 0.05) is 54.0 Å². The maximum absolute atomic E-state index is 6.50. The first-order chi connectivity index (χ1) is 11.2. The van der Waals surface area contributed by atoms with Crippen LogP contribution in [0.15, 0.2) is 42.6 Å². The molecule has 3 rings (SSSR count). The summed E-state index contributed by atoms with van der Waals surface area (Å²) in [5.74, 6) is 0. The van der Waals surface area contributed by atoms with Crippen LogP contribution in [0.5, 0.6) is 0 Å². The zero-order valence-electron chi connectivity index (χ0n) is 13.0. The van der Waals surface area contributed by atoms with Gasteiger partial charge in [-0.2, -0.15) is 0 Å². The van der Waals surface area contributed by atoms with Crippen LogP contribution >= 0.6 is 23.2 Å². The molecule has 5 heteroatoms. The van der Waals surface area contributed by atoms with Crippen LogP contribution < -0.4 is 5.32 Å². The van der Waals surface area contributed by atoms with Crippen LogP contribution in [0.25, 0.3) is 0 Å². The van der Waals surface area contributed by atoms with Gasteiger partial charge in [-0.3, -0.25) is 9.88 Å². The van der Waals surface area contributed by atoms with Gasteiger partial charge in [0.25, 0.3) is 0 Å². The monoisotopic (exact) mass is 349 g/mol. The van der Waals surface area contributed by atoms with Crippen LogP contribution in [-0.2, 0) is 6.42 Å². The van der Waals surface area contributed by atoms with Crippen LogP contribution in [0.3, 0.4) is 0 Å². The summed E-state index contributed by atoms with van der Waals surface area (Å²) in [5.41, 5.74) is 2.21. The maximum Gasteiger partial charge on any atom is 0.0468 e. The topological polar surface area (TPSA) is 28.2 Å². The summed E-state index contributed by atoms with van der Waals surface area (Å²) in [6.45, 7) is 4.14. The lowest BCUT2D eigenvalue weighted by atomic mass is 9.99. The van der Waals surface area contributed by atoms with E-state index in [4.69, 9.17) is 23.2 Å². The van der Waals surface area contributed by atoms with Gasteiger partial charge in [-0.1, -0.05) is 35.3 Å². The van der Waals surface area contributed by atoms with E-state index >= 15 is 0 Å². The van der Waals surface area contributed by atoms with E-state index in [0.717, 1.165) is 55.3 Å². The Hall–Kier alpha value is -1.13. The molecule has 1 saturated heterocycles. The summed E-state index contributed by atoms with van der Waals surface area (Å²) in [4.78, 5) is 7.00. The molecular formula is C18H21Cl2N3. The second-order valence-corrected chi connectivity index (χ2v) is 6.69. The van der Waals surface area contributed by atoms with Crippen LogP contribution in [0.1, 0.15) is 23.7 Å². The third-order valence-electron chi connectivity index (χ3n) is 4.27. The molecule has 1 aliphatic heterocycles. The lowest BCUT2D eigenvalue weighted by molar-refractivity contribution is 0.208. The fourth-order valence-corrected chi connectivity index (χ4v) is 3.64. The Bertz CT molecular complexity index is 625. The fraction of sp³-hybridized carbons (Fsp3) is 0.389. The van der Waals surface area contributed by atoms with E-state index in [9.17, 15) is 0 Å². The lowest BCUT2D eigenvalue weighted by Gasteiger charge is -2.31. The van der Waals surface area contributed by atoms with E-state index in [1.165, 1.54) is 0 Å². The van der Waals surface area contributed by atoms with Gasteiger partial charge in [-0.25, -0.2) is 0 Å². The molecule has 1 atom stereocenters. The zero-order chi connectivity index (χ0) is 16.1. The summed E-state index contributed by atoms with van der Waals surface area (Å²) >= 11 is 12.6. The lowest BCUT2D eigenvalue weighted by Crippen LogP contribution is -2.33. The van der Waals surface area contributed by atoms with E-state index in [0.29, 0.717) is 5.02 Å². The van der Waals surface area contributed by atoms with Crippen molar-refractivity contribution in [3.8, 4) is 0 Å². The minimum absolute atomic E-state index is 0.217. The van der Waals surface area contributed by atoms with Crippen LogP contribution in [0.2, 0.25) is 10.0 Å².